The number of nitrogen functional groups attached to an aromatic ring is 1. The second kappa shape index (κ2) is 5.48. The van der Waals surface area contributed by atoms with Gasteiger partial charge in [-0.15, -0.1) is 0 Å². The summed E-state index contributed by atoms with van der Waals surface area (Å²) in [6, 6.07) is 7.59. The van der Waals surface area contributed by atoms with E-state index in [9.17, 15) is 8.42 Å². The van der Waals surface area contributed by atoms with Gasteiger partial charge in [0.2, 0.25) is 5.95 Å². The highest BCUT2D eigenvalue weighted by atomic mass is 32.2. The van der Waals surface area contributed by atoms with Crippen molar-refractivity contribution in [2.45, 2.75) is 12.8 Å². The minimum atomic E-state index is -2.81. The molecule has 0 amide bonds. The van der Waals surface area contributed by atoms with Gasteiger partial charge in [0, 0.05) is 11.9 Å². The molecule has 0 spiro atoms. The van der Waals surface area contributed by atoms with Crippen molar-refractivity contribution < 1.29 is 8.42 Å². The molecular weight excluding hydrogens is 288 g/mol. The van der Waals surface area contributed by atoms with Gasteiger partial charge in [-0.3, -0.25) is 0 Å². The molecule has 1 aliphatic heterocycles. The van der Waals surface area contributed by atoms with Gasteiger partial charge in [0.15, 0.2) is 0 Å². The SMILES string of the molecule is Nc1nc(NCC2CCS(=O)(=O)CC2)nc2ccccc12. The average Bonchev–Trinajstić information content (AvgIpc) is 2.46. The summed E-state index contributed by atoms with van der Waals surface area (Å²) in [5.74, 6) is 1.85. The molecule has 21 heavy (non-hydrogen) atoms. The Labute approximate surface area is 123 Å². The van der Waals surface area contributed by atoms with E-state index in [4.69, 9.17) is 5.73 Å². The quantitative estimate of drug-likeness (QED) is 0.890. The fraction of sp³-hybridized carbons (Fsp3) is 0.429. The molecule has 0 radical (unpaired) electrons. The maximum Gasteiger partial charge on any atom is 0.225 e. The van der Waals surface area contributed by atoms with Gasteiger partial charge in [-0.2, -0.15) is 4.98 Å². The molecule has 3 rings (SSSR count). The second-order valence-corrected chi connectivity index (χ2v) is 7.73. The molecule has 1 aliphatic rings. The van der Waals surface area contributed by atoms with E-state index >= 15 is 0 Å². The molecule has 1 aromatic carbocycles. The number of nitrogens with zero attached hydrogens (tertiary/aromatic N) is 2. The minimum absolute atomic E-state index is 0.278. The Morgan fingerprint density at radius 1 is 1.19 bits per heavy atom. The third-order valence-corrected chi connectivity index (χ3v) is 5.57. The number of fused-ring (bicyclic) bond motifs is 1. The molecule has 0 aliphatic carbocycles. The number of aromatic nitrogens is 2. The lowest BCUT2D eigenvalue weighted by Crippen LogP contribution is -2.28. The van der Waals surface area contributed by atoms with Crippen molar-refractivity contribution in [2.24, 2.45) is 5.92 Å². The van der Waals surface area contributed by atoms with Crippen LogP contribution in [0.1, 0.15) is 12.8 Å². The van der Waals surface area contributed by atoms with E-state index in [0.717, 1.165) is 10.9 Å². The van der Waals surface area contributed by atoms with Gasteiger partial charge in [-0.05, 0) is 30.9 Å². The summed E-state index contributed by atoms with van der Waals surface area (Å²) in [6.45, 7) is 0.674. The number of benzene rings is 1. The van der Waals surface area contributed by atoms with Crippen LogP contribution in [-0.4, -0.2) is 36.4 Å². The van der Waals surface area contributed by atoms with Crippen molar-refractivity contribution in [1.29, 1.82) is 0 Å². The zero-order valence-corrected chi connectivity index (χ0v) is 12.4. The van der Waals surface area contributed by atoms with Crippen LogP contribution < -0.4 is 11.1 Å². The van der Waals surface area contributed by atoms with Crippen LogP contribution in [-0.2, 0) is 9.84 Å². The Morgan fingerprint density at radius 2 is 1.90 bits per heavy atom. The summed E-state index contributed by atoms with van der Waals surface area (Å²) in [4.78, 5) is 8.68. The Hall–Kier alpha value is -1.89. The summed E-state index contributed by atoms with van der Waals surface area (Å²) in [5.41, 5.74) is 6.74. The second-order valence-electron chi connectivity index (χ2n) is 5.43. The van der Waals surface area contributed by atoms with Crippen LogP contribution in [0.2, 0.25) is 0 Å². The van der Waals surface area contributed by atoms with Crippen molar-refractivity contribution in [1.82, 2.24) is 9.97 Å². The Kier molecular flexibility index (Phi) is 3.67. The first-order valence-corrected chi connectivity index (χ1v) is 8.82. The van der Waals surface area contributed by atoms with Gasteiger partial charge in [0.25, 0.3) is 0 Å². The lowest BCUT2D eigenvalue weighted by molar-refractivity contribution is 0.483. The zero-order chi connectivity index (χ0) is 14.9. The zero-order valence-electron chi connectivity index (χ0n) is 11.6. The Balaban J connectivity index is 1.68. The molecule has 0 atom stereocenters. The van der Waals surface area contributed by atoms with Crippen molar-refractivity contribution in [2.75, 3.05) is 29.1 Å². The molecule has 7 heteroatoms. The number of rotatable bonds is 3. The molecule has 6 nitrogen and oxygen atoms in total. The molecule has 1 saturated heterocycles. The lowest BCUT2D eigenvalue weighted by atomic mass is 10.0. The number of nitrogens with two attached hydrogens (primary N) is 1. The van der Waals surface area contributed by atoms with E-state index in [1.165, 1.54) is 0 Å². The first kappa shape index (κ1) is 14.1. The fourth-order valence-corrected chi connectivity index (χ4v) is 4.15. The van der Waals surface area contributed by atoms with Gasteiger partial charge in [0.05, 0.1) is 17.0 Å². The Bertz CT molecular complexity index is 747. The van der Waals surface area contributed by atoms with Crippen LogP contribution in [0.25, 0.3) is 10.9 Å². The number of para-hydroxylation sites is 1. The van der Waals surface area contributed by atoms with Crippen LogP contribution in [0, 0.1) is 5.92 Å². The highest BCUT2D eigenvalue weighted by Crippen LogP contribution is 2.21. The molecule has 2 aromatic rings. The minimum Gasteiger partial charge on any atom is -0.383 e. The van der Waals surface area contributed by atoms with Gasteiger partial charge < -0.3 is 11.1 Å². The third-order valence-electron chi connectivity index (χ3n) is 3.86. The van der Waals surface area contributed by atoms with E-state index in [1.54, 1.807) is 0 Å². The van der Waals surface area contributed by atoms with Crippen LogP contribution in [0.4, 0.5) is 11.8 Å². The number of anilines is 2. The average molecular weight is 306 g/mol. The van der Waals surface area contributed by atoms with E-state index < -0.39 is 9.84 Å². The van der Waals surface area contributed by atoms with Crippen molar-refractivity contribution in [3.8, 4) is 0 Å². The summed E-state index contributed by atoms with van der Waals surface area (Å²) < 4.78 is 22.8. The summed E-state index contributed by atoms with van der Waals surface area (Å²) in [5, 5.41) is 4.02. The highest BCUT2D eigenvalue weighted by molar-refractivity contribution is 7.91. The smallest absolute Gasteiger partial charge is 0.225 e. The molecular formula is C14H18N4O2S. The maximum absolute atomic E-state index is 11.4. The van der Waals surface area contributed by atoms with Crippen molar-refractivity contribution in [3.63, 3.8) is 0 Å². The summed E-state index contributed by atoms with van der Waals surface area (Å²) in [7, 11) is -2.81. The molecule has 0 unspecified atom stereocenters. The first-order valence-electron chi connectivity index (χ1n) is 7.00. The Morgan fingerprint density at radius 3 is 2.67 bits per heavy atom. The molecule has 2 heterocycles. The van der Waals surface area contributed by atoms with Crippen LogP contribution >= 0.6 is 0 Å². The number of hydrogen-bond acceptors (Lipinski definition) is 6. The largest absolute Gasteiger partial charge is 0.383 e. The lowest BCUT2D eigenvalue weighted by Gasteiger charge is -2.22. The maximum atomic E-state index is 11.4. The van der Waals surface area contributed by atoms with E-state index in [1.807, 2.05) is 24.3 Å². The predicted octanol–water partition coefficient (Wildman–Crippen LogP) is 1.45. The monoisotopic (exact) mass is 306 g/mol. The first-order chi connectivity index (χ1) is 10.0. The third kappa shape index (κ3) is 3.24. The molecule has 0 saturated carbocycles. The predicted molar refractivity (Wildman–Crippen MR) is 83.8 cm³/mol. The van der Waals surface area contributed by atoms with Gasteiger partial charge >= 0.3 is 0 Å². The van der Waals surface area contributed by atoms with E-state index in [2.05, 4.69) is 15.3 Å². The number of nitrogens with one attached hydrogen (secondary N) is 1. The van der Waals surface area contributed by atoms with Crippen LogP contribution in [0.5, 0.6) is 0 Å². The van der Waals surface area contributed by atoms with E-state index in [0.29, 0.717) is 37.1 Å². The van der Waals surface area contributed by atoms with Crippen LogP contribution in [0.3, 0.4) is 0 Å². The molecule has 1 fully saturated rings. The number of sulfone groups is 1. The van der Waals surface area contributed by atoms with Crippen LogP contribution in [0.15, 0.2) is 24.3 Å². The van der Waals surface area contributed by atoms with Crippen molar-refractivity contribution >= 4 is 32.5 Å². The normalized spacial score (nSPS) is 18.7. The standard InChI is InChI=1S/C14H18N4O2S/c15-13-11-3-1-2-4-12(11)17-14(18-13)16-9-10-5-7-21(19,20)8-6-10/h1-4,10H,5-9H2,(H3,15,16,17,18). The van der Waals surface area contributed by atoms with Crippen molar-refractivity contribution in [3.05, 3.63) is 24.3 Å². The summed E-state index contributed by atoms with van der Waals surface area (Å²) in [6.07, 6.45) is 1.39. The molecule has 112 valence electrons. The van der Waals surface area contributed by atoms with Gasteiger partial charge in [-0.25, -0.2) is 13.4 Å². The highest BCUT2D eigenvalue weighted by Gasteiger charge is 2.23. The number of hydrogen-bond donors (Lipinski definition) is 2. The molecule has 1 aromatic heterocycles. The van der Waals surface area contributed by atoms with Gasteiger partial charge in [0.1, 0.15) is 15.7 Å². The fourth-order valence-electron chi connectivity index (χ4n) is 2.56. The topological polar surface area (TPSA) is 98.0 Å². The molecule has 3 N–H and O–H groups in total. The summed E-state index contributed by atoms with van der Waals surface area (Å²) >= 11 is 0. The van der Waals surface area contributed by atoms with Gasteiger partial charge in [-0.1, -0.05) is 12.1 Å². The van der Waals surface area contributed by atoms with E-state index in [-0.39, 0.29) is 11.5 Å². The molecule has 0 bridgehead atoms.